The molecule has 2 fully saturated rings. The molecule has 0 spiro atoms. The van der Waals surface area contributed by atoms with E-state index in [9.17, 15) is 13.2 Å². The van der Waals surface area contributed by atoms with Gasteiger partial charge in [-0.2, -0.15) is 17.0 Å². The van der Waals surface area contributed by atoms with E-state index in [0.29, 0.717) is 64.7 Å². The summed E-state index contributed by atoms with van der Waals surface area (Å²) in [4.78, 5) is 18.0. The molecule has 0 bridgehead atoms. The molecule has 3 heterocycles. The van der Waals surface area contributed by atoms with E-state index < -0.39 is 10.2 Å². The number of rotatable bonds is 4. The average Bonchev–Trinajstić information content (AvgIpc) is 2.82. The van der Waals surface area contributed by atoms with E-state index in [0.717, 1.165) is 0 Å². The second-order valence-electron chi connectivity index (χ2n) is 5.92. The van der Waals surface area contributed by atoms with Gasteiger partial charge in [0, 0.05) is 43.9 Å². The van der Waals surface area contributed by atoms with Crippen LogP contribution in [0.2, 0.25) is 0 Å². The van der Waals surface area contributed by atoms with Gasteiger partial charge in [-0.05, 0) is 6.42 Å². The molecule has 134 valence electrons. The summed E-state index contributed by atoms with van der Waals surface area (Å²) in [6.07, 6.45) is 1.86. The van der Waals surface area contributed by atoms with Gasteiger partial charge in [0.15, 0.2) is 0 Å². The molecule has 24 heavy (non-hydrogen) atoms. The Morgan fingerprint density at radius 1 is 1.17 bits per heavy atom. The molecule has 1 aromatic rings. The van der Waals surface area contributed by atoms with Crippen molar-refractivity contribution in [2.75, 3.05) is 52.6 Å². The SMILES string of the molecule is O=c1cc(C[C@@H]2COCCN(S(=O)(=O)N3CCOCC3)C2)nc[nH]1. The van der Waals surface area contributed by atoms with Crippen molar-refractivity contribution in [2.24, 2.45) is 5.92 Å². The molecule has 2 aliphatic heterocycles. The lowest BCUT2D eigenvalue weighted by Crippen LogP contribution is -2.50. The summed E-state index contributed by atoms with van der Waals surface area (Å²) in [6.45, 7) is 3.09. The second-order valence-corrected chi connectivity index (χ2v) is 7.85. The van der Waals surface area contributed by atoms with E-state index in [1.165, 1.54) is 21.0 Å². The van der Waals surface area contributed by atoms with Gasteiger partial charge in [0.25, 0.3) is 15.8 Å². The standard InChI is InChI=1S/C14H22N4O5S/c19-14-8-13(15-11-16-14)7-12-9-18(3-6-23-10-12)24(20,21)17-1-4-22-5-2-17/h8,11-12H,1-7,9-10H2,(H,15,16,19)/t12-/m0/s1. The highest BCUT2D eigenvalue weighted by atomic mass is 32.2. The van der Waals surface area contributed by atoms with Gasteiger partial charge in [-0.15, -0.1) is 0 Å². The highest BCUT2D eigenvalue weighted by Gasteiger charge is 2.33. The molecule has 9 nitrogen and oxygen atoms in total. The predicted octanol–water partition coefficient (Wildman–Crippen LogP) is -1.16. The number of hydrogen-bond acceptors (Lipinski definition) is 6. The molecule has 1 N–H and O–H groups in total. The average molecular weight is 358 g/mol. The normalized spacial score (nSPS) is 24.6. The molecule has 1 atom stereocenters. The predicted molar refractivity (Wildman–Crippen MR) is 85.8 cm³/mol. The van der Waals surface area contributed by atoms with Gasteiger partial charge >= 0.3 is 0 Å². The first kappa shape index (κ1) is 17.5. The van der Waals surface area contributed by atoms with Crippen molar-refractivity contribution in [1.29, 1.82) is 0 Å². The monoisotopic (exact) mass is 358 g/mol. The number of hydrogen-bond donors (Lipinski definition) is 1. The fourth-order valence-corrected chi connectivity index (χ4v) is 4.58. The molecule has 0 aromatic carbocycles. The van der Waals surface area contributed by atoms with E-state index in [4.69, 9.17) is 9.47 Å². The summed E-state index contributed by atoms with van der Waals surface area (Å²) in [5.74, 6) is -0.0439. The van der Waals surface area contributed by atoms with Gasteiger partial charge in [-0.25, -0.2) is 4.98 Å². The molecule has 0 radical (unpaired) electrons. The number of nitrogens with one attached hydrogen (secondary N) is 1. The zero-order valence-corrected chi connectivity index (χ0v) is 14.2. The molecule has 2 aliphatic rings. The Hall–Kier alpha value is -1.33. The van der Waals surface area contributed by atoms with Crippen LogP contribution in [0, 0.1) is 5.92 Å². The third-order valence-electron chi connectivity index (χ3n) is 4.16. The van der Waals surface area contributed by atoms with E-state index in [-0.39, 0.29) is 11.5 Å². The third kappa shape index (κ3) is 4.19. The minimum atomic E-state index is -3.52. The number of aromatic nitrogens is 2. The summed E-state index contributed by atoms with van der Waals surface area (Å²) >= 11 is 0. The number of morpholine rings is 1. The molecule has 0 amide bonds. The lowest BCUT2D eigenvalue weighted by atomic mass is 10.0. The van der Waals surface area contributed by atoms with E-state index in [1.54, 1.807) is 0 Å². The fourth-order valence-electron chi connectivity index (χ4n) is 2.94. The van der Waals surface area contributed by atoms with Crippen LogP contribution in [0.4, 0.5) is 0 Å². The van der Waals surface area contributed by atoms with Crippen molar-refractivity contribution in [3.63, 3.8) is 0 Å². The first-order valence-electron chi connectivity index (χ1n) is 8.00. The minimum absolute atomic E-state index is 0.0439. The summed E-state index contributed by atoms with van der Waals surface area (Å²) in [6, 6.07) is 1.44. The first-order valence-corrected chi connectivity index (χ1v) is 9.40. The fraction of sp³-hybridized carbons (Fsp3) is 0.714. The maximum absolute atomic E-state index is 12.8. The Morgan fingerprint density at radius 3 is 2.62 bits per heavy atom. The van der Waals surface area contributed by atoms with Gasteiger partial charge in [0.05, 0.1) is 32.8 Å². The zero-order valence-electron chi connectivity index (χ0n) is 13.4. The lowest BCUT2D eigenvalue weighted by Gasteiger charge is -2.32. The van der Waals surface area contributed by atoms with Crippen LogP contribution in [0.3, 0.4) is 0 Å². The smallest absolute Gasteiger partial charge is 0.282 e. The highest BCUT2D eigenvalue weighted by molar-refractivity contribution is 7.86. The van der Waals surface area contributed by atoms with Crippen LogP contribution in [0.1, 0.15) is 5.69 Å². The third-order valence-corrected chi connectivity index (χ3v) is 6.16. The van der Waals surface area contributed by atoms with Crippen LogP contribution in [0.25, 0.3) is 0 Å². The number of nitrogens with zero attached hydrogens (tertiary/aromatic N) is 3. The highest BCUT2D eigenvalue weighted by Crippen LogP contribution is 2.18. The van der Waals surface area contributed by atoms with E-state index in [1.807, 2.05) is 0 Å². The Bertz CT molecular complexity index is 701. The Kier molecular flexibility index (Phi) is 5.61. The van der Waals surface area contributed by atoms with Crippen LogP contribution in [-0.4, -0.2) is 79.6 Å². The second kappa shape index (κ2) is 7.70. The largest absolute Gasteiger partial charge is 0.380 e. The quantitative estimate of drug-likeness (QED) is 0.728. The van der Waals surface area contributed by atoms with Crippen molar-refractivity contribution in [3.8, 4) is 0 Å². The van der Waals surface area contributed by atoms with Gasteiger partial charge in [0.1, 0.15) is 0 Å². The summed E-state index contributed by atoms with van der Waals surface area (Å²) in [5, 5.41) is 0. The van der Waals surface area contributed by atoms with Gasteiger partial charge in [-0.1, -0.05) is 0 Å². The molecule has 2 saturated heterocycles. The van der Waals surface area contributed by atoms with Gasteiger partial charge in [0.2, 0.25) is 0 Å². The zero-order chi connectivity index (χ0) is 17.0. The molecule has 0 unspecified atom stereocenters. The minimum Gasteiger partial charge on any atom is -0.380 e. The molecular weight excluding hydrogens is 336 g/mol. The van der Waals surface area contributed by atoms with Crippen LogP contribution in [-0.2, 0) is 26.1 Å². The molecule has 1 aromatic heterocycles. The summed E-state index contributed by atoms with van der Waals surface area (Å²) < 4.78 is 39.4. The van der Waals surface area contributed by atoms with Crippen molar-refractivity contribution < 1.29 is 17.9 Å². The number of ether oxygens (including phenoxy) is 2. The van der Waals surface area contributed by atoms with Crippen LogP contribution >= 0.6 is 0 Å². The summed E-state index contributed by atoms with van der Waals surface area (Å²) in [5.41, 5.74) is 0.422. The Morgan fingerprint density at radius 2 is 1.88 bits per heavy atom. The number of H-pyrrole nitrogens is 1. The topological polar surface area (TPSA) is 105 Å². The summed E-state index contributed by atoms with van der Waals surface area (Å²) in [7, 11) is -3.52. The van der Waals surface area contributed by atoms with Crippen LogP contribution in [0.15, 0.2) is 17.2 Å². The lowest BCUT2D eigenvalue weighted by molar-refractivity contribution is 0.0699. The first-order chi connectivity index (χ1) is 11.6. The molecule has 0 saturated carbocycles. The molecule has 10 heteroatoms. The molecular formula is C14H22N4O5S. The van der Waals surface area contributed by atoms with Crippen molar-refractivity contribution in [1.82, 2.24) is 18.6 Å². The van der Waals surface area contributed by atoms with Crippen LogP contribution in [0.5, 0.6) is 0 Å². The van der Waals surface area contributed by atoms with Crippen LogP contribution < -0.4 is 5.56 Å². The van der Waals surface area contributed by atoms with Gasteiger partial charge < -0.3 is 14.5 Å². The van der Waals surface area contributed by atoms with E-state index >= 15 is 0 Å². The van der Waals surface area contributed by atoms with E-state index in [2.05, 4.69) is 9.97 Å². The maximum Gasteiger partial charge on any atom is 0.282 e. The maximum atomic E-state index is 12.8. The molecule has 0 aliphatic carbocycles. The van der Waals surface area contributed by atoms with Crippen molar-refractivity contribution in [2.45, 2.75) is 6.42 Å². The molecule has 3 rings (SSSR count). The van der Waals surface area contributed by atoms with Crippen molar-refractivity contribution >= 4 is 10.2 Å². The van der Waals surface area contributed by atoms with Gasteiger partial charge in [-0.3, -0.25) is 4.79 Å². The number of aromatic amines is 1. The Balaban J connectivity index is 1.71. The van der Waals surface area contributed by atoms with Crippen molar-refractivity contribution in [3.05, 3.63) is 28.4 Å². The Labute approximate surface area is 140 Å².